The van der Waals surface area contributed by atoms with Gasteiger partial charge in [-0.25, -0.2) is 4.98 Å². The first-order valence-corrected chi connectivity index (χ1v) is 9.41. The van der Waals surface area contributed by atoms with Gasteiger partial charge in [0.15, 0.2) is 0 Å². The highest BCUT2D eigenvalue weighted by Crippen LogP contribution is 2.41. The predicted molar refractivity (Wildman–Crippen MR) is 107 cm³/mol. The van der Waals surface area contributed by atoms with Gasteiger partial charge in [0.05, 0.1) is 22.9 Å². The Bertz CT molecular complexity index is 1240. The summed E-state index contributed by atoms with van der Waals surface area (Å²) in [6, 6.07) is 13.2. The highest BCUT2D eigenvalue weighted by molar-refractivity contribution is 7.26. The Kier molecular flexibility index (Phi) is 4.76. The summed E-state index contributed by atoms with van der Waals surface area (Å²) in [7, 11) is 1.59. The third-order valence-corrected chi connectivity index (χ3v) is 5.75. The molecule has 0 fully saturated rings. The summed E-state index contributed by atoms with van der Waals surface area (Å²) in [4.78, 5) is 4.35. The number of hydrogen-bond acceptors (Lipinski definition) is 5. The Hall–Kier alpha value is -3.31. The largest absolute Gasteiger partial charge is 0.497 e. The molecule has 8 heteroatoms. The number of anilines is 1. The van der Waals surface area contributed by atoms with E-state index in [-0.39, 0.29) is 0 Å². The third-order valence-electron chi connectivity index (χ3n) is 4.56. The minimum absolute atomic E-state index is 0.338. The van der Waals surface area contributed by atoms with Gasteiger partial charge in [0.25, 0.3) is 0 Å². The molecule has 0 aliphatic rings. The van der Waals surface area contributed by atoms with E-state index in [1.807, 2.05) is 24.3 Å². The predicted octanol–water partition coefficient (Wildman–Crippen LogP) is 5.96. The average molecular weight is 413 g/mol. The van der Waals surface area contributed by atoms with Crippen LogP contribution in [0.25, 0.3) is 20.2 Å². The zero-order valence-electron chi connectivity index (χ0n) is 15.2. The SMILES string of the molecule is COc1ccc(CNc2ncc(C#N)c3sc4cc(C(F)(F)F)ccc4c23)cc1. The number of nitrogens with one attached hydrogen (secondary N) is 1. The molecule has 0 unspecified atom stereocenters. The van der Waals surface area contributed by atoms with Crippen LogP contribution in [0.15, 0.2) is 48.7 Å². The maximum atomic E-state index is 13.1. The van der Waals surface area contributed by atoms with Crippen molar-refractivity contribution in [1.29, 1.82) is 5.26 Å². The molecule has 0 aliphatic carbocycles. The topological polar surface area (TPSA) is 57.9 Å². The normalized spacial score (nSPS) is 11.6. The number of halogens is 3. The fourth-order valence-corrected chi connectivity index (χ4v) is 4.30. The van der Waals surface area contributed by atoms with Crippen molar-refractivity contribution in [2.75, 3.05) is 12.4 Å². The zero-order valence-corrected chi connectivity index (χ0v) is 16.0. The number of thiophene rings is 1. The molecule has 29 heavy (non-hydrogen) atoms. The van der Waals surface area contributed by atoms with Crippen LogP contribution < -0.4 is 10.1 Å². The Morgan fingerprint density at radius 1 is 1.17 bits per heavy atom. The van der Waals surface area contributed by atoms with Crippen LogP contribution >= 0.6 is 11.3 Å². The van der Waals surface area contributed by atoms with Crippen molar-refractivity contribution in [3.8, 4) is 11.8 Å². The Morgan fingerprint density at radius 3 is 2.59 bits per heavy atom. The van der Waals surface area contributed by atoms with E-state index in [0.29, 0.717) is 38.1 Å². The van der Waals surface area contributed by atoms with Crippen molar-refractivity contribution in [2.45, 2.75) is 12.7 Å². The molecule has 2 heterocycles. The number of pyridine rings is 1. The van der Waals surface area contributed by atoms with Crippen LogP contribution in [0.2, 0.25) is 0 Å². The molecular formula is C21H14F3N3OS. The molecule has 0 amide bonds. The minimum Gasteiger partial charge on any atom is -0.497 e. The lowest BCUT2D eigenvalue weighted by Gasteiger charge is -2.09. The fourth-order valence-electron chi connectivity index (χ4n) is 3.09. The Morgan fingerprint density at radius 2 is 1.93 bits per heavy atom. The molecule has 0 bridgehead atoms. The van der Waals surface area contributed by atoms with Crippen LogP contribution in [0.4, 0.5) is 19.0 Å². The lowest BCUT2D eigenvalue weighted by Crippen LogP contribution is -2.04. The van der Waals surface area contributed by atoms with Gasteiger partial charge in [-0.2, -0.15) is 18.4 Å². The van der Waals surface area contributed by atoms with Gasteiger partial charge in [0, 0.05) is 28.2 Å². The van der Waals surface area contributed by atoms with Crippen LogP contribution in [0.1, 0.15) is 16.7 Å². The highest BCUT2D eigenvalue weighted by atomic mass is 32.1. The Labute approximate surface area is 168 Å². The number of nitriles is 1. The van der Waals surface area contributed by atoms with Crippen molar-refractivity contribution in [1.82, 2.24) is 4.98 Å². The molecule has 4 nitrogen and oxygen atoms in total. The number of fused-ring (bicyclic) bond motifs is 3. The van der Waals surface area contributed by atoms with Crippen LogP contribution in [0, 0.1) is 11.3 Å². The van der Waals surface area contributed by atoms with Crippen LogP contribution in [-0.4, -0.2) is 12.1 Å². The van der Waals surface area contributed by atoms with Crippen molar-refractivity contribution < 1.29 is 17.9 Å². The fraction of sp³-hybridized carbons (Fsp3) is 0.143. The van der Waals surface area contributed by atoms with E-state index in [9.17, 15) is 18.4 Å². The molecule has 0 atom stereocenters. The minimum atomic E-state index is -4.42. The first-order chi connectivity index (χ1) is 13.9. The molecule has 0 saturated carbocycles. The summed E-state index contributed by atoms with van der Waals surface area (Å²) < 4.78 is 45.5. The second-order valence-electron chi connectivity index (χ2n) is 6.35. The first-order valence-electron chi connectivity index (χ1n) is 8.60. The van der Waals surface area contributed by atoms with Crippen molar-refractivity contribution in [3.63, 3.8) is 0 Å². The number of ether oxygens (including phenoxy) is 1. The molecule has 0 spiro atoms. The van der Waals surface area contributed by atoms with Gasteiger partial charge in [-0.15, -0.1) is 11.3 Å². The number of alkyl halides is 3. The first kappa shape index (κ1) is 19.0. The summed E-state index contributed by atoms with van der Waals surface area (Å²) >= 11 is 1.16. The van der Waals surface area contributed by atoms with E-state index in [4.69, 9.17) is 4.74 Å². The third kappa shape index (κ3) is 3.57. The van der Waals surface area contributed by atoms with Crippen LogP contribution in [0.3, 0.4) is 0 Å². The van der Waals surface area contributed by atoms with Crippen LogP contribution in [-0.2, 0) is 12.7 Å². The van der Waals surface area contributed by atoms with Gasteiger partial charge in [0.2, 0.25) is 0 Å². The number of benzene rings is 2. The number of rotatable bonds is 4. The summed E-state index contributed by atoms with van der Waals surface area (Å²) in [5.74, 6) is 1.28. The molecule has 4 rings (SSSR count). The number of methoxy groups -OCH3 is 1. The average Bonchev–Trinajstić information content (AvgIpc) is 3.11. The monoisotopic (exact) mass is 413 g/mol. The molecular weight excluding hydrogens is 399 g/mol. The molecule has 0 aliphatic heterocycles. The second-order valence-corrected chi connectivity index (χ2v) is 7.40. The van der Waals surface area contributed by atoms with Gasteiger partial charge < -0.3 is 10.1 Å². The van der Waals surface area contributed by atoms with Crippen molar-refractivity contribution in [2.24, 2.45) is 0 Å². The van der Waals surface area contributed by atoms with Gasteiger partial charge >= 0.3 is 6.18 Å². The zero-order chi connectivity index (χ0) is 20.6. The standard InChI is InChI=1S/C21H14F3N3OS/c1-28-15-5-2-12(3-6-15)10-26-20-18-16-7-4-14(21(22,23)24)8-17(16)29-19(18)13(9-25)11-27-20/h2-8,11H,10H2,1H3,(H,26,27). The highest BCUT2D eigenvalue weighted by Gasteiger charge is 2.31. The lowest BCUT2D eigenvalue weighted by molar-refractivity contribution is -0.137. The molecule has 2 aromatic heterocycles. The molecule has 4 aromatic rings. The molecule has 0 radical (unpaired) electrons. The summed E-state index contributed by atoms with van der Waals surface area (Å²) in [6.45, 7) is 0.468. The second kappa shape index (κ2) is 7.26. The summed E-state index contributed by atoms with van der Waals surface area (Å²) in [5.41, 5.74) is 0.615. The maximum absolute atomic E-state index is 13.1. The van der Waals surface area contributed by atoms with Crippen molar-refractivity contribution in [3.05, 3.63) is 65.4 Å². The van der Waals surface area contributed by atoms with E-state index in [2.05, 4.69) is 16.4 Å². The van der Waals surface area contributed by atoms with Gasteiger partial charge in [0.1, 0.15) is 17.6 Å². The van der Waals surface area contributed by atoms with Gasteiger partial charge in [-0.3, -0.25) is 0 Å². The van der Waals surface area contributed by atoms with Crippen molar-refractivity contribution >= 4 is 37.3 Å². The van der Waals surface area contributed by atoms with Gasteiger partial charge in [-0.1, -0.05) is 18.2 Å². The van der Waals surface area contributed by atoms with E-state index in [1.54, 1.807) is 7.11 Å². The van der Waals surface area contributed by atoms with E-state index in [1.165, 1.54) is 12.3 Å². The summed E-state index contributed by atoms with van der Waals surface area (Å²) in [6.07, 6.45) is -2.98. The summed E-state index contributed by atoms with van der Waals surface area (Å²) in [5, 5.41) is 13.9. The van der Waals surface area contributed by atoms with E-state index in [0.717, 1.165) is 34.8 Å². The number of nitrogens with zero attached hydrogens (tertiary/aromatic N) is 2. The van der Waals surface area contributed by atoms with Gasteiger partial charge in [-0.05, 0) is 29.8 Å². The number of hydrogen-bond donors (Lipinski definition) is 1. The molecule has 146 valence electrons. The van der Waals surface area contributed by atoms with E-state index < -0.39 is 11.7 Å². The molecule has 2 aromatic carbocycles. The number of aromatic nitrogens is 1. The molecule has 0 saturated heterocycles. The lowest BCUT2D eigenvalue weighted by atomic mass is 10.1. The molecule has 1 N–H and O–H groups in total. The maximum Gasteiger partial charge on any atom is 0.416 e. The quantitative estimate of drug-likeness (QED) is 0.448. The van der Waals surface area contributed by atoms with E-state index >= 15 is 0 Å². The smallest absolute Gasteiger partial charge is 0.416 e. The Balaban J connectivity index is 1.78. The van der Waals surface area contributed by atoms with Crippen LogP contribution in [0.5, 0.6) is 5.75 Å².